The molecule has 2 aliphatic rings. The van der Waals surface area contributed by atoms with Gasteiger partial charge in [0.25, 0.3) is 0 Å². The number of carbonyl (C=O) groups excluding carboxylic acids is 2. The summed E-state index contributed by atoms with van der Waals surface area (Å²) in [5.74, 6) is 0.248. The molecule has 5 nitrogen and oxygen atoms in total. The lowest BCUT2D eigenvalue weighted by molar-refractivity contribution is 0.0910. The molecule has 36 heavy (non-hydrogen) atoms. The minimum absolute atomic E-state index is 0.0781. The summed E-state index contributed by atoms with van der Waals surface area (Å²) in [5, 5.41) is 10.4. The van der Waals surface area contributed by atoms with Crippen molar-refractivity contribution in [2.45, 2.75) is 61.8 Å². The molecule has 0 unspecified atom stereocenters. The molecular formula is C29H29N3O2S2. The zero-order valence-corrected chi connectivity index (χ0v) is 22.2. The van der Waals surface area contributed by atoms with Crippen LogP contribution in [0.3, 0.4) is 0 Å². The molecule has 2 aromatic carbocycles. The van der Waals surface area contributed by atoms with Gasteiger partial charge < -0.3 is 5.32 Å². The maximum Gasteiger partial charge on any atom is 0.346 e. The molecule has 6 rings (SSSR count). The van der Waals surface area contributed by atoms with E-state index in [0.29, 0.717) is 11.7 Å². The number of thiophene rings is 1. The first-order valence-corrected chi connectivity index (χ1v) is 14.3. The number of benzene rings is 2. The van der Waals surface area contributed by atoms with Crippen LogP contribution < -0.4 is 5.32 Å². The molecule has 1 amide bonds. The first-order chi connectivity index (χ1) is 17.4. The summed E-state index contributed by atoms with van der Waals surface area (Å²) in [6.45, 7) is 4.32. The van der Waals surface area contributed by atoms with E-state index in [2.05, 4.69) is 24.3 Å². The fourth-order valence-electron chi connectivity index (χ4n) is 5.41. The second kappa shape index (κ2) is 9.20. The van der Waals surface area contributed by atoms with Crippen molar-refractivity contribution in [2.75, 3.05) is 5.32 Å². The van der Waals surface area contributed by atoms with Crippen LogP contribution in [-0.2, 0) is 6.42 Å². The summed E-state index contributed by atoms with van der Waals surface area (Å²) in [5.41, 5.74) is 3.44. The molecule has 2 heterocycles. The summed E-state index contributed by atoms with van der Waals surface area (Å²) >= 11 is 3.57. The third kappa shape index (κ3) is 4.50. The number of nitrogens with one attached hydrogen (secondary N) is 1. The highest BCUT2D eigenvalue weighted by Crippen LogP contribution is 2.50. The van der Waals surface area contributed by atoms with Crippen molar-refractivity contribution in [3.8, 4) is 10.6 Å². The number of amides is 1. The van der Waals surface area contributed by atoms with Crippen molar-refractivity contribution in [1.29, 1.82) is 0 Å². The molecule has 184 valence electrons. The van der Waals surface area contributed by atoms with E-state index >= 15 is 0 Å². The number of fused-ring (bicyclic) bond motifs is 2. The van der Waals surface area contributed by atoms with Crippen molar-refractivity contribution in [2.24, 2.45) is 5.41 Å². The number of rotatable bonds is 4. The lowest BCUT2D eigenvalue weighted by Crippen LogP contribution is -2.26. The van der Waals surface area contributed by atoms with Crippen LogP contribution >= 0.6 is 23.1 Å². The molecule has 0 bridgehead atoms. The van der Waals surface area contributed by atoms with Crippen molar-refractivity contribution in [3.63, 3.8) is 0 Å². The first-order valence-electron chi connectivity index (χ1n) is 12.6. The minimum Gasteiger partial charge on any atom is -0.306 e. The highest BCUT2D eigenvalue weighted by atomic mass is 32.2. The summed E-state index contributed by atoms with van der Waals surface area (Å²) in [4.78, 5) is 27.3. The zero-order chi connectivity index (χ0) is 24.9. The van der Waals surface area contributed by atoms with E-state index in [4.69, 9.17) is 0 Å². The Morgan fingerprint density at radius 3 is 2.67 bits per heavy atom. The Morgan fingerprint density at radius 1 is 1.08 bits per heavy atom. The van der Waals surface area contributed by atoms with Crippen molar-refractivity contribution in [3.05, 3.63) is 65.9 Å². The molecule has 0 atom stereocenters. The van der Waals surface area contributed by atoms with Gasteiger partial charge in [-0.25, -0.2) is 4.79 Å². The Labute approximate surface area is 219 Å². The molecule has 0 spiro atoms. The fourth-order valence-corrected chi connectivity index (χ4v) is 8.52. The van der Waals surface area contributed by atoms with E-state index < -0.39 is 0 Å². The van der Waals surface area contributed by atoms with Crippen LogP contribution in [0.15, 0.2) is 58.9 Å². The summed E-state index contributed by atoms with van der Waals surface area (Å²) in [7, 11) is 0. The standard InChI is InChI=1S/C29H29N3O2S2/c1-29(2)16-22-25(24(33)17-29)27(35-21-9-5-6-10-21)36-26(22)23-13-14-32(31-23)28(34)30-20-12-11-18-7-3-4-8-19(18)15-20/h3-4,7-8,11-15,21H,5-6,9-10,16-17H2,1-2H3,(H,30,34). The molecule has 2 aliphatic carbocycles. The molecule has 1 saturated carbocycles. The second-order valence-corrected chi connectivity index (χ2v) is 13.3. The number of carbonyl (C=O) groups is 2. The van der Waals surface area contributed by atoms with E-state index in [9.17, 15) is 9.59 Å². The van der Waals surface area contributed by atoms with Crippen LogP contribution in [-0.4, -0.2) is 26.8 Å². The molecule has 1 N–H and O–H groups in total. The number of hydrogen-bond acceptors (Lipinski definition) is 5. The molecule has 2 aromatic heterocycles. The lowest BCUT2D eigenvalue weighted by atomic mass is 9.74. The van der Waals surface area contributed by atoms with E-state index in [0.717, 1.165) is 48.8 Å². The Hall–Kier alpha value is -2.90. The van der Waals surface area contributed by atoms with Gasteiger partial charge in [0, 0.05) is 29.1 Å². The van der Waals surface area contributed by atoms with Gasteiger partial charge in [0.05, 0.1) is 9.09 Å². The van der Waals surface area contributed by atoms with Crippen LogP contribution in [0, 0.1) is 5.41 Å². The van der Waals surface area contributed by atoms with Gasteiger partial charge in [-0.2, -0.15) is 9.78 Å². The van der Waals surface area contributed by atoms with Crippen molar-refractivity contribution >= 4 is 51.4 Å². The SMILES string of the molecule is CC1(C)CC(=O)c2c(SC3CCCC3)sc(-c3ccn(C(=O)Nc4ccc5ccccc5c4)n3)c2C1. The summed E-state index contributed by atoms with van der Waals surface area (Å²) in [6, 6.07) is 15.5. The molecule has 0 saturated heterocycles. The topological polar surface area (TPSA) is 64.0 Å². The van der Waals surface area contributed by atoms with Gasteiger partial charge in [0.2, 0.25) is 0 Å². The number of Topliss-reactive ketones (excluding diaryl/α,β-unsaturated/α-hetero) is 1. The molecule has 0 aliphatic heterocycles. The maximum atomic E-state index is 13.3. The summed E-state index contributed by atoms with van der Waals surface area (Å²) < 4.78 is 2.50. The van der Waals surface area contributed by atoms with E-state index in [1.54, 1.807) is 17.5 Å². The van der Waals surface area contributed by atoms with Gasteiger partial charge in [-0.1, -0.05) is 57.0 Å². The largest absolute Gasteiger partial charge is 0.346 e. The third-order valence-electron chi connectivity index (χ3n) is 7.15. The van der Waals surface area contributed by atoms with Gasteiger partial charge in [0.15, 0.2) is 5.78 Å². The molecule has 4 aromatic rings. The number of anilines is 1. The Bertz CT molecular complexity index is 1480. The highest BCUT2D eigenvalue weighted by Gasteiger charge is 2.37. The fraction of sp³-hybridized carbons (Fsp3) is 0.345. The maximum absolute atomic E-state index is 13.3. The molecular weight excluding hydrogens is 486 g/mol. The van der Waals surface area contributed by atoms with E-state index in [-0.39, 0.29) is 17.2 Å². The highest BCUT2D eigenvalue weighted by molar-refractivity contribution is 8.01. The Morgan fingerprint density at radius 2 is 1.86 bits per heavy atom. The van der Waals surface area contributed by atoms with Gasteiger partial charge in [-0.15, -0.1) is 23.1 Å². The van der Waals surface area contributed by atoms with Gasteiger partial charge in [-0.05, 0) is 59.2 Å². The second-order valence-electron chi connectivity index (χ2n) is 10.7. The normalized spacial score (nSPS) is 17.4. The van der Waals surface area contributed by atoms with Crippen molar-refractivity contribution < 1.29 is 9.59 Å². The van der Waals surface area contributed by atoms with Gasteiger partial charge in [0.1, 0.15) is 5.69 Å². The van der Waals surface area contributed by atoms with Gasteiger partial charge in [-0.3, -0.25) is 4.79 Å². The van der Waals surface area contributed by atoms with Crippen LogP contribution in [0.4, 0.5) is 10.5 Å². The monoisotopic (exact) mass is 515 g/mol. The molecule has 1 fully saturated rings. The van der Waals surface area contributed by atoms with Gasteiger partial charge >= 0.3 is 6.03 Å². The minimum atomic E-state index is -0.307. The Kier molecular flexibility index (Phi) is 6.00. The average Bonchev–Trinajstić information content (AvgIpc) is 3.59. The zero-order valence-electron chi connectivity index (χ0n) is 20.5. The molecule has 0 radical (unpaired) electrons. The van der Waals surface area contributed by atoms with E-state index in [1.165, 1.54) is 30.4 Å². The quantitative estimate of drug-likeness (QED) is 0.299. The van der Waals surface area contributed by atoms with Crippen molar-refractivity contribution in [1.82, 2.24) is 9.78 Å². The van der Waals surface area contributed by atoms with Crippen LogP contribution in [0.5, 0.6) is 0 Å². The number of hydrogen-bond donors (Lipinski definition) is 1. The van der Waals surface area contributed by atoms with Crippen LogP contribution in [0.2, 0.25) is 0 Å². The predicted octanol–water partition coefficient (Wildman–Crippen LogP) is 8.03. The number of aromatic nitrogens is 2. The smallest absolute Gasteiger partial charge is 0.306 e. The number of thioether (sulfide) groups is 1. The average molecular weight is 516 g/mol. The van der Waals surface area contributed by atoms with E-state index in [1.807, 2.05) is 60.3 Å². The Balaban J connectivity index is 1.30. The summed E-state index contributed by atoms with van der Waals surface area (Å²) in [6.07, 6.45) is 8.12. The predicted molar refractivity (Wildman–Crippen MR) is 148 cm³/mol. The third-order valence-corrected chi connectivity index (χ3v) is 9.97. The van der Waals surface area contributed by atoms with Crippen LogP contribution in [0.25, 0.3) is 21.3 Å². The lowest BCUT2D eigenvalue weighted by Gasteiger charge is -2.29. The number of nitrogens with zero attached hydrogens (tertiary/aromatic N) is 2. The first kappa shape index (κ1) is 23.5. The number of ketones is 1. The van der Waals surface area contributed by atoms with Crippen LogP contribution in [0.1, 0.15) is 61.9 Å². The molecule has 7 heteroatoms.